The first-order chi connectivity index (χ1) is 14.8. The number of nitrogens with one attached hydrogen (secondary N) is 1. The summed E-state index contributed by atoms with van der Waals surface area (Å²) in [4.78, 5) is 16.0. The molecule has 1 aliphatic carbocycles. The lowest BCUT2D eigenvalue weighted by atomic mass is 9.90. The Morgan fingerprint density at radius 2 is 1.94 bits per heavy atom. The molecule has 1 fully saturated rings. The quantitative estimate of drug-likeness (QED) is 0.635. The number of nitriles is 1. The summed E-state index contributed by atoms with van der Waals surface area (Å²) in [5.41, 5.74) is 5.62. The maximum Gasteiger partial charge on any atom is 0.417 e. The average Bonchev–Trinajstić information content (AvgIpc) is 3.17. The fourth-order valence-corrected chi connectivity index (χ4v) is 4.27. The zero-order chi connectivity index (χ0) is 22.2. The standard InChI is InChI=1S/C22H20F3N5O/c23-22(24,25)19-11-15(2-1-13(19)12-26)29-14-3-5-16(6-4-14)30-10-8-18-17(20(27)31)7-9-28-21(18)30/h1-2,7-11,14,16,29H,3-6H2,(H2,27,31). The molecule has 0 saturated heterocycles. The normalized spacial score (nSPS) is 19.2. The summed E-state index contributed by atoms with van der Waals surface area (Å²) >= 11 is 0. The van der Waals surface area contributed by atoms with Gasteiger partial charge in [0, 0.05) is 35.6 Å². The summed E-state index contributed by atoms with van der Waals surface area (Å²) in [6, 6.07) is 8.94. The molecule has 31 heavy (non-hydrogen) atoms. The first-order valence-corrected chi connectivity index (χ1v) is 9.91. The van der Waals surface area contributed by atoms with Crippen molar-refractivity contribution < 1.29 is 18.0 Å². The fraction of sp³-hybridized carbons (Fsp3) is 0.318. The minimum Gasteiger partial charge on any atom is -0.382 e. The Labute approximate surface area is 176 Å². The molecule has 1 amide bonds. The van der Waals surface area contributed by atoms with Crippen LogP contribution in [0.2, 0.25) is 0 Å². The summed E-state index contributed by atoms with van der Waals surface area (Å²) in [7, 11) is 0. The molecule has 0 spiro atoms. The molecular formula is C22H20F3N5O. The van der Waals surface area contributed by atoms with Crippen LogP contribution < -0.4 is 11.1 Å². The Hall–Kier alpha value is -3.54. The number of halogens is 3. The number of benzene rings is 1. The van der Waals surface area contributed by atoms with E-state index < -0.39 is 17.6 Å². The Kier molecular flexibility index (Phi) is 5.31. The minimum atomic E-state index is -4.58. The van der Waals surface area contributed by atoms with Gasteiger partial charge in [0.15, 0.2) is 0 Å². The van der Waals surface area contributed by atoms with Crippen LogP contribution in [0.3, 0.4) is 0 Å². The number of carbonyl (C=O) groups is 1. The van der Waals surface area contributed by atoms with Crippen molar-refractivity contribution in [2.24, 2.45) is 5.73 Å². The summed E-state index contributed by atoms with van der Waals surface area (Å²) < 4.78 is 41.6. The van der Waals surface area contributed by atoms with E-state index in [9.17, 15) is 18.0 Å². The van der Waals surface area contributed by atoms with Crippen LogP contribution in [0.1, 0.15) is 53.2 Å². The van der Waals surface area contributed by atoms with Crippen molar-refractivity contribution in [3.05, 3.63) is 59.4 Å². The molecule has 0 aliphatic heterocycles. The second-order valence-corrected chi connectivity index (χ2v) is 7.70. The predicted molar refractivity (Wildman–Crippen MR) is 109 cm³/mol. The van der Waals surface area contributed by atoms with Crippen LogP contribution in [0, 0.1) is 11.3 Å². The highest BCUT2D eigenvalue weighted by atomic mass is 19.4. The van der Waals surface area contributed by atoms with E-state index in [-0.39, 0.29) is 17.6 Å². The average molecular weight is 427 g/mol. The minimum absolute atomic E-state index is 0.0289. The maximum absolute atomic E-state index is 13.2. The summed E-state index contributed by atoms with van der Waals surface area (Å²) in [5.74, 6) is -0.501. The number of fused-ring (bicyclic) bond motifs is 1. The number of primary amides is 1. The number of pyridine rings is 1. The van der Waals surface area contributed by atoms with Gasteiger partial charge in [-0.1, -0.05) is 0 Å². The molecule has 160 valence electrons. The van der Waals surface area contributed by atoms with Gasteiger partial charge in [0.1, 0.15) is 5.65 Å². The number of hydrogen-bond donors (Lipinski definition) is 2. The Morgan fingerprint density at radius 3 is 2.58 bits per heavy atom. The molecule has 3 aromatic rings. The number of alkyl halides is 3. The summed E-state index contributed by atoms with van der Waals surface area (Å²) in [6.45, 7) is 0. The Morgan fingerprint density at radius 1 is 1.19 bits per heavy atom. The molecule has 1 aromatic carbocycles. The zero-order valence-corrected chi connectivity index (χ0v) is 16.5. The van der Waals surface area contributed by atoms with Gasteiger partial charge in [-0.15, -0.1) is 0 Å². The van der Waals surface area contributed by atoms with E-state index in [0.717, 1.165) is 31.7 Å². The highest BCUT2D eigenvalue weighted by Gasteiger charge is 2.34. The number of hydrogen-bond acceptors (Lipinski definition) is 4. The third kappa shape index (κ3) is 4.06. The Balaban J connectivity index is 1.47. The molecule has 1 saturated carbocycles. The van der Waals surface area contributed by atoms with Crippen LogP contribution in [-0.2, 0) is 6.18 Å². The smallest absolute Gasteiger partial charge is 0.382 e. The lowest BCUT2D eigenvalue weighted by Gasteiger charge is -2.31. The van der Waals surface area contributed by atoms with E-state index >= 15 is 0 Å². The van der Waals surface area contributed by atoms with Crippen molar-refractivity contribution in [2.45, 2.75) is 43.9 Å². The molecular weight excluding hydrogens is 407 g/mol. The lowest BCUT2D eigenvalue weighted by molar-refractivity contribution is -0.137. The number of nitrogens with two attached hydrogens (primary N) is 1. The van der Waals surface area contributed by atoms with E-state index in [1.165, 1.54) is 12.1 Å². The highest BCUT2D eigenvalue weighted by Crippen LogP contribution is 2.36. The molecule has 2 aromatic heterocycles. The number of aromatic nitrogens is 2. The van der Waals surface area contributed by atoms with Crippen molar-refractivity contribution >= 4 is 22.6 Å². The van der Waals surface area contributed by atoms with Crippen LogP contribution in [-0.4, -0.2) is 21.5 Å². The first kappa shape index (κ1) is 20.7. The van der Waals surface area contributed by atoms with Crippen molar-refractivity contribution in [1.29, 1.82) is 5.26 Å². The first-order valence-electron chi connectivity index (χ1n) is 9.91. The molecule has 9 heteroatoms. The van der Waals surface area contributed by atoms with Crippen LogP contribution in [0.4, 0.5) is 18.9 Å². The van der Waals surface area contributed by atoms with Crippen LogP contribution in [0.15, 0.2) is 42.7 Å². The predicted octanol–water partition coefficient (Wildman–Crippen LogP) is 4.62. The van der Waals surface area contributed by atoms with Gasteiger partial charge in [-0.2, -0.15) is 18.4 Å². The molecule has 3 N–H and O–H groups in total. The van der Waals surface area contributed by atoms with Gasteiger partial charge in [-0.3, -0.25) is 4.79 Å². The monoisotopic (exact) mass is 427 g/mol. The topological polar surface area (TPSA) is 96.7 Å². The van der Waals surface area contributed by atoms with Gasteiger partial charge >= 0.3 is 6.18 Å². The van der Waals surface area contributed by atoms with Crippen molar-refractivity contribution in [3.8, 4) is 6.07 Å². The molecule has 1 aliphatic rings. The number of carbonyl (C=O) groups excluding carboxylic acids is 1. The van der Waals surface area contributed by atoms with Gasteiger partial charge in [0.05, 0.1) is 22.8 Å². The van der Waals surface area contributed by atoms with Gasteiger partial charge in [0.2, 0.25) is 5.91 Å². The number of amides is 1. The van der Waals surface area contributed by atoms with Crippen molar-refractivity contribution in [3.63, 3.8) is 0 Å². The van der Waals surface area contributed by atoms with E-state index in [4.69, 9.17) is 11.0 Å². The molecule has 6 nitrogen and oxygen atoms in total. The molecule has 0 unspecified atom stereocenters. The Bertz CT molecular complexity index is 1170. The van der Waals surface area contributed by atoms with E-state index in [1.54, 1.807) is 18.3 Å². The summed E-state index contributed by atoms with van der Waals surface area (Å²) in [6.07, 6.45) is 2.04. The molecule has 4 rings (SSSR count). The van der Waals surface area contributed by atoms with Crippen LogP contribution in [0.5, 0.6) is 0 Å². The van der Waals surface area contributed by atoms with Gasteiger partial charge in [-0.25, -0.2) is 4.98 Å². The van der Waals surface area contributed by atoms with E-state index in [0.29, 0.717) is 22.3 Å². The van der Waals surface area contributed by atoms with Crippen LogP contribution in [0.25, 0.3) is 11.0 Å². The van der Waals surface area contributed by atoms with Crippen molar-refractivity contribution in [2.75, 3.05) is 5.32 Å². The molecule has 0 bridgehead atoms. The van der Waals surface area contributed by atoms with Crippen LogP contribution >= 0.6 is 0 Å². The highest BCUT2D eigenvalue weighted by molar-refractivity contribution is 6.04. The van der Waals surface area contributed by atoms with E-state index in [1.807, 2.05) is 16.8 Å². The molecule has 2 heterocycles. The third-order valence-corrected chi connectivity index (χ3v) is 5.79. The molecule has 0 atom stereocenters. The fourth-order valence-electron chi connectivity index (χ4n) is 4.27. The van der Waals surface area contributed by atoms with Crippen molar-refractivity contribution in [1.82, 2.24) is 9.55 Å². The van der Waals surface area contributed by atoms with Gasteiger partial charge < -0.3 is 15.6 Å². The summed E-state index contributed by atoms with van der Waals surface area (Å²) in [5, 5.41) is 12.8. The second kappa shape index (κ2) is 7.95. The van der Waals surface area contributed by atoms with Gasteiger partial charge in [-0.05, 0) is 56.0 Å². The zero-order valence-electron chi connectivity index (χ0n) is 16.5. The largest absolute Gasteiger partial charge is 0.417 e. The SMILES string of the molecule is N#Cc1ccc(NC2CCC(n3ccc4c(C(N)=O)ccnc43)CC2)cc1C(F)(F)F. The lowest BCUT2D eigenvalue weighted by Crippen LogP contribution is -2.27. The third-order valence-electron chi connectivity index (χ3n) is 5.79. The van der Waals surface area contributed by atoms with Gasteiger partial charge in [0.25, 0.3) is 0 Å². The number of nitrogens with zero attached hydrogens (tertiary/aromatic N) is 3. The number of anilines is 1. The second-order valence-electron chi connectivity index (χ2n) is 7.70. The number of rotatable bonds is 4. The maximum atomic E-state index is 13.2. The molecule has 0 radical (unpaired) electrons. The van der Waals surface area contributed by atoms with E-state index in [2.05, 4.69) is 10.3 Å².